The fraction of sp³-hybridized carbons (Fsp3) is 0.211. The maximum atomic E-state index is 13.2. The maximum absolute atomic E-state index is 13.2. The van der Waals surface area contributed by atoms with Crippen molar-refractivity contribution in [2.45, 2.75) is 18.2 Å². The van der Waals surface area contributed by atoms with Crippen molar-refractivity contribution in [2.24, 2.45) is 5.92 Å². The van der Waals surface area contributed by atoms with Gasteiger partial charge < -0.3 is 0 Å². The minimum absolute atomic E-state index is 0.342. The minimum Gasteiger partial charge on any atom is -0.268 e. The van der Waals surface area contributed by atoms with E-state index >= 15 is 0 Å². The molecule has 0 fully saturated rings. The van der Waals surface area contributed by atoms with Crippen LogP contribution < -0.4 is 4.90 Å². The lowest BCUT2D eigenvalue weighted by atomic mass is 10.1. The monoisotopic (exact) mass is 680 g/mol. The van der Waals surface area contributed by atoms with E-state index in [0.717, 1.165) is 20.3 Å². The Morgan fingerprint density at radius 1 is 1.00 bits per heavy atom. The van der Waals surface area contributed by atoms with Gasteiger partial charge in [0.1, 0.15) is 0 Å². The predicted molar refractivity (Wildman–Crippen MR) is 134 cm³/mol. The van der Waals surface area contributed by atoms with Crippen molar-refractivity contribution < 1.29 is 9.59 Å². The first-order valence-electron chi connectivity index (χ1n) is 8.48. The van der Waals surface area contributed by atoms with E-state index in [9.17, 15) is 9.59 Å². The molecule has 0 atom stereocenters. The number of fused-ring (bicyclic) bond motifs is 2. The Balaban J connectivity index is 1.76. The van der Waals surface area contributed by atoms with Crippen molar-refractivity contribution in [3.63, 3.8) is 0 Å². The van der Waals surface area contributed by atoms with E-state index in [0.29, 0.717) is 40.6 Å². The van der Waals surface area contributed by atoms with Crippen LogP contribution in [0.1, 0.15) is 34.6 Å². The van der Waals surface area contributed by atoms with Gasteiger partial charge in [-0.3, -0.25) is 9.59 Å². The molecule has 0 aliphatic carbocycles. The standard InChI is InChI=1S/C19H12Br4N2O2S2/c1-7(2)6-28-19-24-9-4-3-8(5-10(9)29-19)25-17(26)11-12(18(25)27)14(21)16(23)15(22)13(11)20/h3-5,7H,6H2,1-2H3. The molecule has 1 aromatic heterocycles. The highest BCUT2D eigenvalue weighted by atomic mass is 79.9. The Morgan fingerprint density at radius 2 is 1.59 bits per heavy atom. The zero-order valence-electron chi connectivity index (χ0n) is 15.1. The number of carbonyl (C=O) groups excluding carboxylic acids is 2. The molecule has 150 valence electrons. The van der Waals surface area contributed by atoms with E-state index in [1.165, 1.54) is 4.90 Å². The van der Waals surface area contributed by atoms with Crippen molar-refractivity contribution in [1.82, 2.24) is 4.98 Å². The molecule has 1 aliphatic heterocycles. The number of hydrogen-bond acceptors (Lipinski definition) is 5. The zero-order chi connectivity index (χ0) is 21.0. The molecular formula is C19H12Br4N2O2S2. The summed E-state index contributed by atoms with van der Waals surface area (Å²) in [5.74, 6) is 0.862. The van der Waals surface area contributed by atoms with Crippen LogP contribution in [-0.2, 0) is 0 Å². The highest BCUT2D eigenvalue weighted by Gasteiger charge is 2.42. The topological polar surface area (TPSA) is 50.3 Å². The molecule has 0 bridgehead atoms. The second-order valence-corrected chi connectivity index (χ2v) is 12.3. The number of aromatic nitrogens is 1. The second-order valence-electron chi connectivity index (χ2n) is 6.79. The van der Waals surface area contributed by atoms with Crippen LogP contribution in [0.4, 0.5) is 5.69 Å². The summed E-state index contributed by atoms with van der Waals surface area (Å²) in [5, 5.41) is 0. The van der Waals surface area contributed by atoms with E-state index in [2.05, 4.69) is 82.6 Å². The Kier molecular flexibility index (Phi) is 6.32. The zero-order valence-corrected chi connectivity index (χ0v) is 23.0. The van der Waals surface area contributed by atoms with E-state index in [4.69, 9.17) is 0 Å². The first kappa shape index (κ1) is 22.0. The summed E-state index contributed by atoms with van der Waals surface area (Å²) in [4.78, 5) is 32.2. The Bertz CT molecular complexity index is 1150. The lowest BCUT2D eigenvalue weighted by Crippen LogP contribution is -2.29. The fourth-order valence-electron chi connectivity index (χ4n) is 2.91. The van der Waals surface area contributed by atoms with Crippen molar-refractivity contribution in [2.75, 3.05) is 10.7 Å². The first-order valence-corrected chi connectivity index (χ1v) is 13.5. The van der Waals surface area contributed by atoms with Crippen molar-refractivity contribution in [1.29, 1.82) is 0 Å². The molecule has 2 aromatic carbocycles. The van der Waals surface area contributed by atoms with Crippen molar-refractivity contribution >= 4 is 115 Å². The van der Waals surface area contributed by atoms with Crippen molar-refractivity contribution in [3.05, 3.63) is 47.2 Å². The lowest BCUT2D eigenvalue weighted by Gasteiger charge is -2.13. The third kappa shape index (κ3) is 3.78. The van der Waals surface area contributed by atoms with Crippen LogP contribution >= 0.6 is 86.8 Å². The maximum Gasteiger partial charge on any atom is 0.267 e. The molecule has 2 amide bonds. The van der Waals surface area contributed by atoms with Gasteiger partial charge >= 0.3 is 0 Å². The van der Waals surface area contributed by atoms with Gasteiger partial charge in [-0.05, 0) is 87.8 Å². The number of rotatable bonds is 4. The Labute approximate surface area is 209 Å². The molecule has 2 heterocycles. The molecule has 29 heavy (non-hydrogen) atoms. The van der Waals surface area contributed by atoms with Crippen LogP contribution in [0.25, 0.3) is 10.2 Å². The first-order chi connectivity index (χ1) is 13.7. The Morgan fingerprint density at radius 3 is 2.14 bits per heavy atom. The predicted octanol–water partition coefficient (Wildman–Crippen LogP) is 7.90. The number of amides is 2. The summed E-state index contributed by atoms with van der Waals surface area (Å²) in [5.41, 5.74) is 2.09. The number of thiazole rings is 1. The fourth-order valence-corrected chi connectivity index (χ4v) is 7.45. The van der Waals surface area contributed by atoms with Gasteiger partial charge in [0, 0.05) is 23.6 Å². The molecule has 4 nitrogen and oxygen atoms in total. The minimum atomic E-state index is -0.357. The summed E-state index contributed by atoms with van der Waals surface area (Å²) in [6.45, 7) is 4.35. The van der Waals surface area contributed by atoms with E-state index < -0.39 is 0 Å². The number of thioether (sulfide) groups is 1. The van der Waals surface area contributed by atoms with Gasteiger partial charge in [-0.25, -0.2) is 9.88 Å². The number of carbonyl (C=O) groups is 2. The highest BCUT2D eigenvalue weighted by Crippen LogP contribution is 2.46. The number of imide groups is 1. The van der Waals surface area contributed by atoms with Gasteiger partial charge in [0.15, 0.2) is 4.34 Å². The summed E-state index contributed by atoms with van der Waals surface area (Å²) in [7, 11) is 0. The average Bonchev–Trinajstić information content (AvgIpc) is 3.20. The number of benzene rings is 2. The largest absolute Gasteiger partial charge is 0.268 e. The van der Waals surface area contributed by atoms with Crippen LogP contribution in [0.5, 0.6) is 0 Å². The number of hydrogen-bond donors (Lipinski definition) is 0. The highest BCUT2D eigenvalue weighted by molar-refractivity contribution is 9.15. The quantitative estimate of drug-likeness (QED) is 0.122. The molecule has 1 aliphatic rings. The third-order valence-corrected chi connectivity index (χ3v) is 11.6. The summed E-state index contributed by atoms with van der Waals surface area (Å²) in [6.07, 6.45) is 0. The number of nitrogens with zero attached hydrogens (tertiary/aromatic N) is 2. The van der Waals surface area contributed by atoms with Gasteiger partial charge in [0.2, 0.25) is 0 Å². The molecule has 0 saturated carbocycles. The average molecular weight is 684 g/mol. The summed E-state index contributed by atoms with van der Waals surface area (Å²) >= 11 is 17.1. The van der Waals surface area contributed by atoms with Crippen LogP contribution in [0.3, 0.4) is 0 Å². The smallest absolute Gasteiger partial charge is 0.267 e. The van der Waals surface area contributed by atoms with Crippen molar-refractivity contribution in [3.8, 4) is 0 Å². The van der Waals surface area contributed by atoms with Gasteiger partial charge in [-0.2, -0.15) is 0 Å². The summed E-state index contributed by atoms with van der Waals surface area (Å²) < 4.78 is 4.40. The molecule has 3 aromatic rings. The van der Waals surface area contributed by atoms with Crippen LogP contribution in [-0.4, -0.2) is 22.6 Å². The van der Waals surface area contributed by atoms with Gasteiger partial charge in [-0.15, -0.1) is 11.3 Å². The lowest BCUT2D eigenvalue weighted by molar-refractivity contribution is 0.0926. The van der Waals surface area contributed by atoms with Gasteiger partial charge in [0.25, 0.3) is 11.8 Å². The van der Waals surface area contributed by atoms with E-state index in [1.807, 2.05) is 12.1 Å². The normalized spacial score (nSPS) is 13.8. The van der Waals surface area contributed by atoms with Crippen LogP contribution in [0.2, 0.25) is 0 Å². The van der Waals surface area contributed by atoms with Crippen LogP contribution in [0.15, 0.2) is 40.4 Å². The van der Waals surface area contributed by atoms with Gasteiger partial charge in [-0.1, -0.05) is 25.6 Å². The molecule has 0 unspecified atom stereocenters. The molecular weight excluding hydrogens is 672 g/mol. The molecule has 4 rings (SSSR count). The number of halogens is 4. The third-order valence-electron chi connectivity index (χ3n) is 4.25. The summed E-state index contributed by atoms with van der Waals surface area (Å²) in [6, 6.07) is 5.49. The molecule has 0 radical (unpaired) electrons. The molecule has 0 saturated heterocycles. The molecule has 0 N–H and O–H groups in total. The molecule has 10 heteroatoms. The Hall–Kier alpha value is -0.260. The molecule has 0 spiro atoms. The van der Waals surface area contributed by atoms with Crippen LogP contribution in [0, 0.1) is 5.92 Å². The SMILES string of the molecule is CC(C)CSc1nc2ccc(N3C(=O)c4c(Br)c(Br)c(Br)c(Br)c4C3=O)cc2s1. The van der Waals surface area contributed by atoms with E-state index in [-0.39, 0.29) is 11.8 Å². The van der Waals surface area contributed by atoms with E-state index in [1.54, 1.807) is 29.2 Å². The number of anilines is 1. The second kappa shape index (κ2) is 8.35. The van der Waals surface area contributed by atoms with Gasteiger partial charge in [0.05, 0.1) is 27.0 Å².